The van der Waals surface area contributed by atoms with Gasteiger partial charge in [0.25, 0.3) is 5.56 Å². The first-order chi connectivity index (χ1) is 16.0. The summed E-state index contributed by atoms with van der Waals surface area (Å²) in [6.07, 6.45) is -5.05. The van der Waals surface area contributed by atoms with Crippen molar-refractivity contribution in [1.82, 2.24) is 14.1 Å². The highest BCUT2D eigenvalue weighted by Gasteiger charge is 2.34. The molecule has 4 rings (SSSR count). The number of carbonyl (C=O) groups excluding carboxylic acids is 1. The molecule has 2 heterocycles. The second-order valence-corrected chi connectivity index (χ2v) is 8.33. The summed E-state index contributed by atoms with van der Waals surface area (Å²) in [5, 5.41) is 4.35. The number of nitrogens with one attached hydrogen (secondary N) is 1. The molecule has 4 aromatic rings. The van der Waals surface area contributed by atoms with Crippen LogP contribution in [0.1, 0.15) is 11.1 Å². The first-order valence-corrected chi connectivity index (χ1v) is 10.7. The minimum atomic E-state index is -4.85. The van der Waals surface area contributed by atoms with Gasteiger partial charge < -0.3 is 5.32 Å². The van der Waals surface area contributed by atoms with E-state index in [4.69, 9.17) is 0 Å². The molecule has 1 amide bonds. The molecule has 1 N–H and O–H groups in total. The molecule has 0 aliphatic heterocycles. The number of nitrogens with zero attached hydrogens (tertiary/aromatic N) is 3. The third kappa shape index (κ3) is 4.23. The van der Waals surface area contributed by atoms with Gasteiger partial charge in [-0.05, 0) is 29.8 Å². The molecule has 0 unspecified atom stereocenters. The predicted octanol–water partition coefficient (Wildman–Crippen LogP) is 3.70. The van der Waals surface area contributed by atoms with Crippen molar-refractivity contribution in [3.8, 4) is 11.3 Å². The zero-order valence-electron chi connectivity index (χ0n) is 17.7. The average Bonchev–Trinajstić information content (AvgIpc) is 3.23. The second-order valence-electron chi connectivity index (χ2n) is 7.47. The molecule has 0 saturated carbocycles. The maximum atomic E-state index is 13.5. The number of carbonyl (C=O) groups is 1. The molecule has 0 aliphatic rings. The number of benzene rings is 2. The van der Waals surface area contributed by atoms with Crippen LogP contribution in [0.15, 0.2) is 51.4 Å². The summed E-state index contributed by atoms with van der Waals surface area (Å²) in [6.45, 7) is 0. The van der Waals surface area contributed by atoms with E-state index in [9.17, 15) is 31.9 Å². The Morgan fingerprint density at radius 2 is 1.85 bits per heavy atom. The van der Waals surface area contributed by atoms with Crippen molar-refractivity contribution in [2.75, 3.05) is 5.32 Å². The number of hydrogen-bond donors (Lipinski definition) is 1. The van der Waals surface area contributed by atoms with E-state index in [1.54, 1.807) is 18.2 Å². The van der Waals surface area contributed by atoms with Crippen molar-refractivity contribution in [2.24, 2.45) is 14.1 Å². The van der Waals surface area contributed by atoms with Crippen LogP contribution in [-0.2, 0) is 31.5 Å². The van der Waals surface area contributed by atoms with Crippen LogP contribution in [0.3, 0.4) is 0 Å². The van der Waals surface area contributed by atoms with Gasteiger partial charge in [0.05, 0.1) is 28.6 Å². The number of amides is 1. The Morgan fingerprint density at radius 3 is 2.56 bits per heavy atom. The molecule has 176 valence electrons. The Hall–Kier alpha value is -3.80. The highest BCUT2D eigenvalue weighted by Crippen LogP contribution is 2.35. The zero-order valence-corrected chi connectivity index (χ0v) is 18.6. The van der Waals surface area contributed by atoms with Crippen LogP contribution >= 0.6 is 11.3 Å². The molecule has 0 fully saturated rings. The van der Waals surface area contributed by atoms with Gasteiger partial charge in [-0.25, -0.2) is 14.2 Å². The second kappa shape index (κ2) is 8.52. The SMILES string of the molecule is Cn1c(=O)c2c(CC(=O)Nc3nc(-c4ccc(F)c(C(F)(F)F)c4)cs3)cccc2n(C)c1=O. The van der Waals surface area contributed by atoms with Gasteiger partial charge in [0, 0.05) is 25.0 Å². The largest absolute Gasteiger partial charge is 0.419 e. The van der Waals surface area contributed by atoms with Gasteiger partial charge in [-0.15, -0.1) is 11.3 Å². The van der Waals surface area contributed by atoms with Gasteiger partial charge in [0.1, 0.15) is 5.82 Å². The molecule has 0 saturated heterocycles. The Labute approximate surface area is 192 Å². The lowest BCUT2D eigenvalue weighted by Crippen LogP contribution is -2.37. The molecule has 0 aliphatic carbocycles. The Balaban J connectivity index is 1.59. The lowest BCUT2D eigenvalue weighted by Gasteiger charge is -2.11. The number of thiazole rings is 1. The van der Waals surface area contributed by atoms with E-state index < -0.39 is 34.7 Å². The van der Waals surface area contributed by atoms with E-state index in [1.807, 2.05) is 0 Å². The summed E-state index contributed by atoms with van der Waals surface area (Å²) in [4.78, 5) is 41.5. The van der Waals surface area contributed by atoms with E-state index in [-0.39, 0.29) is 28.2 Å². The number of aryl methyl sites for hydroxylation is 1. The third-order valence-corrected chi connectivity index (χ3v) is 6.01. The maximum absolute atomic E-state index is 13.5. The van der Waals surface area contributed by atoms with Crippen molar-refractivity contribution in [3.63, 3.8) is 0 Å². The van der Waals surface area contributed by atoms with Crippen LogP contribution in [0.25, 0.3) is 22.2 Å². The number of alkyl halides is 3. The Morgan fingerprint density at radius 1 is 1.12 bits per heavy atom. The smallest absolute Gasteiger partial charge is 0.302 e. The van der Waals surface area contributed by atoms with Gasteiger partial charge in [-0.1, -0.05) is 12.1 Å². The molecule has 7 nitrogen and oxygen atoms in total. The van der Waals surface area contributed by atoms with Crippen LogP contribution in [-0.4, -0.2) is 20.0 Å². The molecule has 12 heteroatoms. The third-order valence-electron chi connectivity index (χ3n) is 5.25. The molecule has 0 radical (unpaired) electrons. The van der Waals surface area contributed by atoms with Crippen LogP contribution in [0.2, 0.25) is 0 Å². The monoisotopic (exact) mass is 492 g/mol. The maximum Gasteiger partial charge on any atom is 0.419 e. The predicted molar refractivity (Wildman–Crippen MR) is 119 cm³/mol. The molecular weight excluding hydrogens is 476 g/mol. The highest BCUT2D eigenvalue weighted by atomic mass is 32.1. The van der Waals surface area contributed by atoms with Gasteiger partial charge in [0.2, 0.25) is 5.91 Å². The van der Waals surface area contributed by atoms with Gasteiger partial charge in [-0.3, -0.25) is 18.7 Å². The van der Waals surface area contributed by atoms with Crippen LogP contribution in [0.5, 0.6) is 0 Å². The van der Waals surface area contributed by atoms with Crippen LogP contribution < -0.4 is 16.6 Å². The van der Waals surface area contributed by atoms with E-state index in [2.05, 4.69) is 10.3 Å². The molecular formula is C22H16F4N4O3S. The minimum absolute atomic E-state index is 0.0453. The fourth-order valence-corrected chi connectivity index (χ4v) is 4.28. The Kier molecular flexibility index (Phi) is 5.86. The van der Waals surface area contributed by atoms with Gasteiger partial charge >= 0.3 is 11.9 Å². The zero-order chi connectivity index (χ0) is 24.8. The van der Waals surface area contributed by atoms with Crippen molar-refractivity contribution in [3.05, 3.63) is 79.6 Å². The highest BCUT2D eigenvalue weighted by molar-refractivity contribution is 7.14. The number of anilines is 1. The fraction of sp³-hybridized carbons (Fsp3) is 0.182. The topological polar surface area (TPSA) is 86.0 Å². The number of aromatic nitrogens is 3. The fourth-order valence-electron chi connectivity index (χ4n) is 3.54. The quantitative estimate of drug-likeness (QED) is 0.441. The lowest BCUT2D eigenvalue weighted by molar-refractivity contribution is -0.140. The van der Waals surface area contributed by atoms with Crippen LogP contribution in [0.4, 0.5) is 22.7 Å². The normalized spacial score (nSPS) is 11.7. The van der Waals surface area contributed by atoms with Crippen molar-refractivity contribution < 1.29 is 22.4 Å². The van der Waals surface area contributed by atoms with E-state index >= 15 is 0 Å². The summed E-state index contributed by atoms with van der Waals surface area (Å²) in [5.74, 6) is -1.90. The molecule has 0 atom stereocenters. The summed E-state index contributed by atoms with van der Waals surface area (Å²) >= 11 is 0.985. The van der Waals surface area contributed by atoms with Crippen molar-refractivity contribution in [1.29, 1.82) is 0 Å². The van der Waals surface area contributed by atoms with Gasteiger partial charge in [-0.2, -0.15) is 13.2 Å². The minimum Gasteiger partial charge on any atom is -0.302 e. The number of halogens is 4. The lowest BCUT2D eigenvalue weighted by atomic mass is 10.1. The summed E-state index contributed by atoms with van der Waals surface area (Å²) in [7, 11) is 2.86. The van der Waals surface area contributed by atoms with E-state index in [0.717, 1.165) is 15.9 Å². The van der Waals surface area contributed by atoms with Crippen molar-refractivity contribution >= 4 is 33.3 Å². The van der Waals surface area contributed by atoms with Crippen LogP contribution in [0, 0.1) is 5.82 Å². The number of rotatable bonds is 4. The molecule has 0 bridgehead atoms. The first-order valence-electron chi connectivity index (χ1n) is 9.77. The molecule has 34 heavy (non-hydrogen) atoms. The van der Waals surface area contributed by atoms with E-state index in [0.29, 0.717) is 23.2 Å². The summed E-state index contributed by atoms with van der Waals surface area (Å²) in [6, 6.07) is 7.36. The molecule has 2 aromatic heterocycles. The number of hydrogen-bond acceptors (Lipinski definition) is 5. The summed E-state index contributed by atoms with van der Waals surface area (Å²) < 4.78 is 54.7. The van der Waals surface area contributed by atoms with Gasteiger partial charge in [0.15, 0.2) is 5.13 Å². The standard InChI is InChI=1S/C22H16F4N4O3S/c1-29-16-5-3-4-12(18(16)19(32)30(2)21(29)33)9-17(31)28-20-27-15(10-34-20)11-6-7-14(23)13(8-11)22(24,25)26/h3-8,10H,9H2,1-2H3,(H,27,28,31). The molecule has 2 aromatic carbocycles. The van der Waals surface area contributed by atoms with E-state index in [1.165, 1.54) is 30.1 Å². The molecule has 0 spiro atoms. The first kappa shape index (κ1) is 23.4. The van der Waals surface area contributed by atoms with Crippen molar-refractivity contribution in [2.45, 2.75) is 12.6 Å². The number of fused-ring (bicyclic) bond motifs is 1. The average molecular weight is 492 g/mol. The Bertz CT molecular complexity index is 1550. The summed E-state index contributed by atoms with van der Waals surface area (Å²) in [5.41, 5.74) is -1.47.